The number of nitrogens with zero attached hydrogens (tertiary/aromatic N) is 2. The van der Waals surface area contributed by atoms with E-state index < -0.39 is 0 Å². The number of pyridine rings is 1. The van der Waals surface area contributed by atoms with Crippen LogP contribution in [-0.4, -0.2) is 34.6 Å². The van der Waals surface area contributed by atoms with E-state index in [2.05, 4.69) is 41.5 Å². The topological polar surface area (TPSA) is 41.0 Å². The Bertz CT molecular complexity index is 857. The fourth-order valence-corrected chi connectivity index (χ4v) is 2.91. The summed E-state index contributed by atoms with van der Waals surface area (Å²) in [6.45, 7) is 5.06. The number of H-pyrrole nitrogens is 1. The Kier molecular flexibility index (Phi) is 3.33. The number of aromatic nitrogens is 2. The van der Waals surface area contributed by atoms with Crippen molar-refractivity contribution in [3.63, 3.8) is 0 Å². The van der Waals surface area contributed by atoms with E-state index in [-0.39, 0.29) is 5.43 Å². The lowest BCUT2D eigenvalue weighted by Crippen LogP contribution is -2.29. The number of nitrogens with one attached hydrogen (secondary N) is 1. The van der Waals surface area contributed by atoms with Crippen LogP contribution in [0.1, 0.15) is 12.5 Å². The van der Waals surface area contributed by atoms with Crippen molar-refractivity contribution in [2.24, 2.45) is 0 Å². The van der Waals surface area contributed by atoms with E-state index in [1.807, 2.05) is 19.3 Å². The summed E-state index contributed by atoms with van der Waals surface area (Å²) < 4.78 is 2.25. The number of fused-ring (bicyclic) bond motifs is 3. The Morgan fingerprint density at radius 1 is 1.29 bits per heavy atom. The first kappa shape index (κ1) is 13.9. The highest BCUT2D eigenvalue weighted by molar-refractivity contribution is 6.09. The van der Waals surface area contributed by atoms with Crippen LogP contribution >= 0.6 is 0 Å². The van der Waals surface area contributed by atoms with Crippen molar-refractivity contribution in [2.45, 2.75) is 26.4 Å². The van der Waals surface area contributed by atoms with E-state index in [1.54, 1.807) is 12.1 Å². The van der Waals surface area contributed by atoms with Gasteiger partial charge in [-0.3, -0.25) is 4.79 Å². The average Bonchev–Trinajstić information content (AvgIpc) is 2.73. The SMILES string of the molecule is Cc1cc(=O)cc2c1c1cc[nH]cc1n2CC(C)N(C)C. The summed E-state index contributed by atoms with van der Waals surface area (Å²) in [6, 6.07) is 5.95. The Balaban J connectivity index is 2.36. The Morgan fingerprint density at radius 2 is 2.05 bits per heavy atom. The molecule has 2 aromatic heterocycles. The Morgan fingerprint density at radius 3 is 2.76 bits per heavy atom. The molecule has 0 aliphatic rings. The number of aryl methyl sites for hydroxylation is 1. The lowest BCUT2D eigenvalue weighted by Gasteiger charge is -2.21. The van der Waals surface area contributed by atoms with Gasteiger partial charge in [0.1, 0.15) is 0 Å². The van der Waals surface area contributed by atoms with Gasteiger partial charge in [-0.2, -0.15) is 0 Å². The molecule has 0 aliphatic carbocycles. The molecule has 0 aliphatic heterocycles. The number of benzene rings is 1. The molecule has 1 unspecified atom stereocenters. The van der Waals surface area contributed by atoms with Gasteiger partial charge in [0.25, 0.3) is 0 Å². The maximum Gasteiger partial charge on any atom is 0.181 e. The predicted molar refractivity (Wildman–Crippen MR) is 88.0 cm³/mol. The Labute approximate surface area is 124 Å². The van der Waals surface area contributed by atoms with Crippen molar-refractivity contribution in [1.82, 2.24) is 14.5 Å². The van der Waals surface area contributed by atoms with Crippen LogP contribution in [0.3, 0.4) is 0 Å². The lowest BCUT2D eigenvalue weighted by atomic mass is 10.1. The Hall–Kier alpha value is -2.07. The second-order valence-electron chi connectivity index (χ2n) is 6.00. The van der Waals surface area contributed by atoms with Crippen LogP contribution in [0.25, 0.3) is 21.8 Å². The second kappa shape index (κ2) is 5.04. The van der Waals surface area contributed by atoms with Gasteiger partial charge in [0.05, 0.1) is 11.0 Å². The molecule has 3 aromatic rings. The smallest absolute Gasteiger partial charge is 0.181 e. The van der Waals surface area contributed by atoms with Crippen molar-refractivity contribution in [3.8, 4) is 0 Å². The van der Waals surface area contributed by atoms with Crippen LogP contribution in [0.2, 0.25) is 0 Å². The van der Waals surface area contributed by atoms with E-state index in [4.69, 9.17) is 0 Å². The van der Waals surface area contributed by atoms with E-state index in [0.29, 0.717) is 6.04 Å². The molecular formula is C17H21N3O. The summed E-state index contributed by atoms with van der Waals surface area (Å²) in [6.07, 6.45) is 3.95. The largest absolute Gasteiger partial charge is 0.366 e. The van der Waals surface area contributed by atoms with Crippen LogP contribution in [-0.2, 0) is 6.54 Å². The van der Waals surface area contributed by atoms with Crippen molar-refractivity contribution in [1.29, 1.82) is 0 Å². The van der Waals surface area contributed by atoms with Gasteiger partial charge >= 0.3 is 0 Å². The first-order chi connectivity index (χ1) is 9.99. The van der Waals surface area contributed by atoms with Crippen LogP contribution in [0, 0.1) is 6.92 Å². The molecule has 0 spiro atoms. The highest BCUT2D eigenvalue weighted by Crippen LogP contribution is 2.30. The normalized spacial score (nSPS) is 13.4. The van der Waals surface area contributed by atoms with E-state index in [9.17, 15) is 4.79 Å². The van der Waals surface area contributed by atoms with Crippen LogP contribution in [0.4, 0.5) is 0 Å². The molecule has 0 radical (unpaired) electrons. The van der Waals surface area contributed by atoms with Crippen molar-refractivity contribution >= 4 is 21.8 Å². The highest BCUT2D eigenvalue weighted by atomic mass is 16.1. The zero-order valence-corrected chi connectivity index (χ0v) is 13.0. The minimum absolute atomic E-state index is 0.0746. The molecule has 0 bridgehead atoms. The third-order valence-electron chi connectivity index (χ3n) is 4.31. The van der Waals surface area contributed by atoms with Gasteiger partial charge in [-0.1, -0.05) is 0 Å². The monoisotopic (exact) mass is 283 g/mol. The first-order valence-electron chi connectivity index (χ1n) is 7.25. The number of aromatic amines is 1. The molecule has 0 fully saturated rings. The fourth-order valence-electron chi connectivity index (χ4n) is 2.91. The van der Waals surface area contributed by atoms with Gasteiger partial charge in [0.2, 0.25) is 0 Å². The minimum Gasteiger partial charge on any atom is -0.366 e. The predicted octanol–water partition coefficient (Wildman–Crippen LogP) is 2.74. The number of hydrogen-bond donors (Lipinski definition) is 1. The highest BCUT2D eigenvalue weighted by Gasteiger charge is 2.15. The van der Waals surface area contributed by atoms with Gasteiger partial charge in [-0.15, -0.1) is 0 Å². The van der Waals surface area contributed by atoms with Crippen LogP contribution in [0.15, 0.2) is 35.4 Å². The molecule has 4 heteroatoms. The fraction of sp³-hybridized carbons (Fsp3) is 0.353. The standard InChI is InChI=1S/C17H21N3O/c1-11-7-13(21)8-15-17(11)14-5-6-18-9-16(14)20(15)10-12(2)19(3)4/h5-9,12,18H,10H2,1-4H3. The molecule has 0 saturated heterocycles. The zero-order valence-electron chi connectivity index (χ0n) is 13.0. The van der Waals surface area contributed by atoms with E-state index >= 15 is 0 Å². The first-order valence-corrected chi connectivity index (χ1v) is 7.25. The summed E-state index contributed by atoms with van der Waals surface area (Å²) in [7, 11) is 4.16. The van der Waals surface area contributed by atoms with Crippen molar-refractivity contribution in [2.75, 3.05) is 14.1 Å². The summed E-state index contributed by atoms with van der Waals surface area (Å²) in [5, 5.41) is 2.39. The van der Waals surface area contributed by atoms with Gasteiger partial charge in [-0.25, -0.2) is 0 Å². The number of rotatable bonds is 3. The molecule has 1 aromatic carbocycles. The molecule has 0 amide bonds. The molecule has 1 atom stereocenters. The van der Waals surface area contributed by atoms with E-state index in [0.717, 1.165) is 23.1 Å². The maximum atomic E-state index is 11.9. The van der Waals surface area contributed by atoms with Crippen LogP contribution in [0.5, 0.6) is 0 Å². The quantitative estimate of drug-likeness (QED) is 0.803. The third-order valence-corrected chi connectivity index (χ3v) is 4.31. The number of hydrogen-bond acceptors (Lipinski definition) is 2. The van der Waals surface area contributed by atoms with Gasteiger partial charge in [-0.05, 0) is 45.6 Å². The summed E-state index contributed by atoms with van der Waals surface area (Å²) in [5.41, 5.74) is 3.30. The second-order valence-corrected chi connectivity index (χ2v) is 6.00. The molecule has 21 heavy (non-hydrogen) atoms. The molecule has 110 valence electrons. The maximum absolute atomic E-state index is 11.9. The van der Waals surface area contributed by atoms with Gasteiger partial charge in [0.15, 0.2) is 5.43 Å². The summed E-state index contributed by atoms with van der Waals surface area (Å²) in [4.78, 5) is 17.3. The zero-order chi connectivity index (χ0) is 15.1. The van der Waals surface area contributed by atoms with Crippen LogP contribution < -0.4 is 5.43 Å². The van der Waals surface area contributed by atoms with Gasteiger partial charge in [0, 0.05) is 41.8 Å². The molecule has 0 saturated carbocycles. The third kappa shape index (κ3) is 2.25. The van der Waals surface area contributed by atoms with Crippen molar-refractivity contribution < 1.29 is 0 Å². The van der Waals surface area contributed by atoms with E-state index in [1.165, 1.54) is 10.8 Å². The lowest BCUT2D eigenvalue weighted by molar-refractivity contribution is 0.288. The average molecular weight is 283 g/mol. The molecule has 3 rings (SSSR count). The van der Waals surface area contributed by atoms with Gasteiger partial charge < -0.3 is 14.5 Å². The molecule has 2 heterocycles. The molecular weight excluding hydrogens is 262 g/mol. The minimum atomic E-state index is 0.0746. The summed E-state index contributed by atoms with van der Waals surface area (Å²) in [5.74, 6) is 0. The summed E-state index contributed by atoms with van der Waals surface area (Å²) >= 11 is 0. The van der Waals surface area contributed by atoms with Crippen molar-refractivity contribution in [3.05, 3.63) is 46.4 Å². The molecule has 1 N–H and O–H groups in total. The number of likely N-dealkylation sites (N-methyl/N-ethyl adjacent to an activating group) is 1. The molecule has 4 nitrogen and oxygen atoms in total.